The summed E-state index contributed by atoms with van der Waals surface area (Å²) in [7, 11) is 0. The molecule has 1 aromatic heterocycles. The van der Waals surface area contributed by atoms with E-state index in [9.17, 15) is 0 Å². The summed E-state index contributed by atoms with van der Waals surface area (Å²) in [6.07, 6.45) is 2.86. The minimum Gasteiger partial charge on any atom is -0.468 e. The van der Waals surface area contributed by atoms with Gasteiger partial charge in [0.2, 0.25) is 0 Å². The second kappa shape index (κ2) is 4.12. The Labute approximate surface area is 61.2 Å². The van der Waals surface area contributed by atoms with Gasteiger partial charge in [0.25, 0.3) is 0 Å². The van der Waals surface area contributed by atoms with Crippen LogP contribution in [0.3, 0.4) is 0 Å². The molecule has 0 unspecified atom stereocenters. The van der Waals surface area contributed by atoms with Crippen molar-refractivity contribution in [2.24, 2.45) is 0 Å². The first-order chi connectivity index (χ1) is 4.93. The molecule has 0 spiro atoms. The zero-order valence-corrected chi connectivity index (χ0v) is 6.26. The van der Waals surface area contributed by atoms with Crippen LogP contribution in [-0.2, 0) is 6.54 Å². The normalized spacial score (nSPS) is 10.1. The summed E-state index contributed by atoms with van der Waals surface area (Å²) in [6.45, 7) is 4.05. The molecule has 10 heavy (non-hydrogen) atoms. The van der Waals surface area contributed by atoms with Crippen molar-refractivity contribution in [2.45, 2.75) is 19.9 Å². The van der Waals surface area contributed by atoms with Crippen molar-refractivity contribution in [3.8, 4) is 0 Å². The standard InChI is InChI=1S/C8H13NO/c1-2-5-9-7-8-4-3-6-10-8/h3-4,6,9H,2,5,7H2,1H3. The Hall–Kier alpha value is -0.760. The predicted molar refractivity (Wildman–Crippen MR) is 40.7 cm³/mol. The highest BCUT2D eigenvalue weighted by atomic mass is 16.3. The third-order valence-corrected chi connectivity index (χ3v) is 1.31. The second-order valence-corrected chi connectivity index (χ2v) is 2.26. The molecular weight excluding hydrogens is 126 g/mol. The summed E-state index contributed by atoms with van der Waals surface area (Å²) >= 11 is 0. The molecule has 1 aromatic rings. The van der Waals surface area contributed by atoms with Gasteiger partial charge in [-0.3, -0.25) is 0 Å². The van der Waals surface area contributed by atoms with Crippen LogP contribution in [0.4, 0.5) is 0 Å². The lowest BCUT2D eigenvalue weighted by molar-refractivity contribution is 0.483. The van der Waals surface area contributed by atoms with Gasteiger partial charge in [0.15, 0.2) is 0 Å². The molecule has 0 aliphatic heterocycles. The van der Waals surface area contributed by atoms with E-state index in [1.807, 2.05) is 12.1 Å². The van der Waals surface area contributed by atoms with Gasteiger partial charge in [-0.25, -0.2) is 0 Å². The van der Waals surface area contributed by atoms with Gasteiger partial charge in [-0.05, 0) is 25.1 Å². The first kappa shape index (κ1) is 7.35. The minimum absolute atomic E-state index is 0.848. The van der Waals surface area contributed by atoms with Gasteiger partial charge in [-0.15, -0.1) is 0 Å². The lowest BCUT2D eigenvalue weighted by atomic mass is 10.4. The smallest absolute Gasteiger partial charge is 0.117 e. The van der Waals surface area contributed by atoms with Crippen LogP contribution < -0.4 is 5.32 Å². The fourth-order valence-corrected chi connectivity index (χ4v) is 0.802. The largest absolute Gasteiger partial charge is 0.468 e. The Kier molecular flexibility index (Phi) is 3.03. The van der Waals surface area contributed by atoms with Crippen LogP contribution in [0.5, 0.6) is 0 Å². The molecule has 0 aliphatic rings. The summed E-state index contributed by atoms with van der Waals surface area (Å²) in [5.74, 6) is 1.01. The number of hydrogen-bond donors (Lipinski definition) is 1. The highest BCUT2D eigenvalue weighted by molar-refractivity contribution is 4.97. The number of hydrogen-bond acceptors (Lipinski definition) is 2. The monoisotopic (exact) mass is 139 g/mol. The van der Waals surface area contributed by atoms with Crippen molar-refractivity contribution < 1.29 is 4.42 Å². The van der Waals surface area contributed by atoms with Crippen LogP contribution in [-0.4, -0.2) is 6.54 Å². The van der Waals surface area contributed by atoms with E-state index in [4.69, 9.17) is 4.42 Å². The van der Waals surface area contributed by atoms with Crippen LogP contribution in [0.15, 0.2) is 22.8 Å². The van der Waals surface area contributed by atoms with Gasteiger partial charge in [0.1, 0.15) is 5.76 Å². The molecule has 0 amide bonds. The third-order valence-electron chi connectivity index (χ3n) is 1.31. The van der Waals surface area contributed by atoms with E-state index in [1.165, 1.54) is 6.42 Å². The van der Waals surface area contributed by atoms with Crippen molar-refractivity contribution in [3.05, 3.63) is 24.2 Å². The maximum atomic E-state index is 5.12. The molecule has 1 heterocycles. The first-order valence-corrected chi connectivity index (χ1v) is 3.66. The molecule has 1 rings (SSSR count). The van der Waals surface area contributed by atoms with E-state index in [1.54, 1.807) is 6.26 Å². The quantitative estimate of drug-likeness (QED) is 0.643. The molecule has 0 atom stereocenters. The summed E-state index contributed by atoms with van der Waals surface area (Å²) < 4.78 is 5.12. The fraction of sp³-hybridized carbons (Fsp3) is 0.500. The van der Waals surface area contributed by atoms with Gasteiger partial charge in [-0.2, -0.15) is 0 Å². The highest BCUT2D eigenvalue weighted by Gasteiger charge is 1.91. The van der Waals surface area contributed by atoms with E-state index in [-0.39, 0.29) is 0 Å². The zero-order valence-electron chi connectivity index (χ0n) is 6.26. The molecule has 0 saturated heterocycles. The number of furan rings is 1. The molecule has 1 N–H and O–H groups in total. The van der Waals surface area contributed by atoms with E-state index in [2.05, 4.69) is 12.2 Å². The molecule has 0 saturated carbocycles. The van der Waals surface area contributed by atoms with Crippen LogP contribution in [0.2, 0.25) is 0 Å². The topological polar surface area (TPSA) is 25.2 Å². The van der Waals surface area contributed by atoms with Gasteiger partial charge in [-0.1, -0.05) is 6.92 Å². The van der Waals surface area contributed by atoms with E-state index >= 15 is 0 Å². The molecule has 0 aliphatic carbocycles. The lowest BCUT2D eigenvalue weighted by Crippen LogP contribution is -2.12. The van der Waals surface area contributed by atoms with E-state index < -0.39 is 0 Å². The summed E-state index contributed by atoms with van der Waals surface area (Å²) in [4.78, 5) is 0. The van der Waals surface area contributed by atoms with Gasteiger partial charge >= 0.3 is 0 Å². The van der Waals surface area contributed by atoms with Crippen molar-refractivity contribution in [1.82, 2.24) is 5.32 Å². The Morgan fingerprint density at radius 1 is 1.60 bits per heavy atom. The van der Waals surface area contributed by atoms with Crippen molar-refractivity contribution in [1.29, 1.82) is 0 Å². The van der Waals surface area contributed by atoms with Crippen molar-refractivity contribution >= 4 is 0 Å². The van der Waals surface area contributed by atoms with E-state index in [0.717, 1.165) is 18.8 Å². The summed E-state index contributed by atoms with van der Waals surface area (Å²) in [5, 5.41) is 3.24. The first-order valence-electron chi connectivity index (χ1n) is 3.66. The molecule has 2 heteroatoms. The fourth-order valence-electron chi connectivity index (χ4n) is 0.802. The highest BCUT2D eigenvalue weighted by Crippen LogP contribution is 1.97. The average molecular weight is 139 g/mol. The van der Waals surface area contributed by atoms with Crippen molar-refractivity contribution in [3.63, 3.8) is 0 Å². The summed E-state index contributed by atoms with van der Waals surface area (Å²) in [6, 6.07) is 3.88. The average Bonchev–Trinajstić information content (AvgIpc) is 2.41. The predicted octanol–water partition coefficient (Wildman–Crippen LogP) is 1.78. The maximum absolute atomic E-state index is 5.12. The number of nitrogens with one attached hydrogen (secondary N) is 1. The molecular formula is C8H13NO. The molecule has 56 valence electrons. The van der Waals surface area contributed by atoms with Crippen LogP contribution in [0.25, 0.3) is 0 Å². The minimum atomic E-state index is 0.848. The molecule has 0 radical (unpaired) electrons. The van der Waals surface area contributed by atoms with Gasteiger partial charge < -0.3 is 9.73 Å². The van der Waals surface area contributed by atoms with Gasteiger partial charge in [0.05, 0.1) is 12.8 Å². The molecule has 0 aromatic carbocycles. The molecule has 0 bridgehead atoms. The third kappa shape index (κ3) is 2.23. The molecule has 2 nitrogen and oxygen atoms in total. The number of rotatable bonds is 4. The van der Waals surface area contributed by atoms with Crippen molar-refractivity contribution in [2.75, 3.05) is 6.54 Å². The SMILES string of the molecule is CCCNCc1ccco1. The Balaban J connectivity index is 2.15. The Bertz CT molecular complexity index is 158. The summed E-state index contributed by atoms with van der Waals surface area (Å²) in [5.41, 5.74) is 0. The van der Waals surface area contributed by atoms with Crippen LogP contribution in [0.1, 0.15) is 19.1 Å². The molecule has 0 fully saturated rings. The van der Waals surface area contributed by atoms with Gasteiger partial charge in [0, 0.05) is 0 Å². The second-order valence-electron chi connectivity index (χ2n) is 2.26. The van der Waals surface area contributed by atoms with Crippen LogP contribution >= 0.6 is 0 Å². The van der Waals surface area contributed by atoms with Crippen LogP contribution in [0, 0.1) is 0 Å². The lowest BCUT2D eigenvalue weighted by Gasteiger charge is -1.97. The maximum Gasteiger partial charge on any atom is 0.117 e. The Morgan fingerprint density at radius 3 is 3.10 bits per heavy atom. The Morgan fingerprint density at radius 2 is 2.50 bits per heavy atom. The zero-order chi connectivity index (χ0) is 7.23. The van der Waals surface area contributed by atoms with E-state index in [0.29, 0.717) is 0 Å².